The highest BCUT2D eigenvalue weighted by Gasteiger charge is 2.64. The van der Waals surface area contributed by atoms with E-state index in [1.54, 1.807) is 0 Å². The molecular weight excluding hydrogens is 264 g/mol. The van der Waals surface area contributed by atoms with Gasteiger partial charge in [-0.05, 0) is 54.8 Å². The maximum absolute atomic E-state index is 11.1. The first-order valence-electron chi connectivity index (χ1n) is 8.58. The molecule has 3 heteroatoms. The Morgan fingerprint density at radius 3 is 2.57 bits per heavy atom. The van der Waals surface area contributed by atoms with Crippen molar-refractivity contribution in [3.63, 3.8) is 0 Å². The standard InChI is InChI=1S/C18H30O3/c1-13(19)20-11-7-15-17(4)9-5-8-16(2,3)14(17)6-10-18(15)12-21-18/h14-15H,5-12H2,1-4H3/t14-,15+,17-,18-/m0/s1. The molecule has 1 saturated heterocycles. The molecule has 4 atom stereocenters. The minimum atomic E-state index is -0.165. The number of hydrogen-bond acceptors (Lipinski definition) is 3. The Kier molecular flexibility index (Phi) is 3.63. The molecule has 1 aliphatic heterocycles. The monoisotopic (exact) mass is 294 g/mol. The average Bonchev–Trinajstić information content (AvgIpc) is 3.12. The fourth-order valence-electron chi connectivity index (χ4n) is 5.82. The number of hydrogen-bond donors (Lipinski definition) is 0. The summed E-state index contributed by atoms with van der Waals surface area (Å²) < 4.78 is 11.2. The lowest BCUT2D eigenvalue weighted by Gasteiger charge is -2.59. The summed E-state index contributed by atoms with van der Waals surface area (Å²) in [5.41, 5.74) is 0.888. The summed E-state index contributed by atoms with van der Waals surface area (Å²) in [6, 6.07) is 0. The van der Waals surface area contributed by atoms with Gasteiger partial charge >= 0.3 is 5.97 Å². The van der Waals surface area contributed by atoms with Crippen LogP contribution >= 0.6 is 0 Å². The van der Waals surface area contributed by atoms with Gasteiger partial charge in [-0.2, -0.15) is 0 Å². The van der Waals surface area contributed by atoms with Crippen LogP contribution in [0.4, 0.5) is 0 Å². The van der Waals surface area contributed by atoms with Crippen LogP contribution < -0.4 is 0 Å². The molecule has 3 nitrogen and oxygen atoms in total. The number of esters is 1. The van der Waals surface area contributed by atoms with E-state index >= 15 is 0 Å². The topological polar surface area (TPSA) is 38.8 Å². The first kappa shape index (κ1) is 15.3. The summed E-state index contributed by atoms with van der Waals surface area (Å²) in [6.07, 6.45) is 7.42. The molecule has 0 aromatic heterocycles. The molecule has 3 aliphatic rings. The van der Waals surface area contributed by atoms with E-state index in [-0.39, 0.29) is 11.6 Å². The van der Waals surface area contributed by atoms with Crippen molar-refractivity contribution in [3.8, 4) is 0 Å². The van der Waals surface area contributed by atoms with Crippen LogP contribution in [0.1, 0.15) is 66.2 Å². The number of epoxide rings is 1. The maximum Gasteiger partial charge on any atom is 0.302 e. The number of carbonyl (C=O) groups is 1. The van der Waals surface area contributed by atoms with Gasteiger partial charge in [-0.1, -0.05) is 27.2 Å². The highest BCUT2D eigenvalue weighted by molar-refractivity contribution is 5.65. The number of ether oxygens (including phenoxy) is 2. The molecule has 120 valence electrons. The highest BCUT2D eigenvalue weighted by Crippen LogP contribution is 2.66. The third kappa shape index (κ3) is 2.52. The lowest BCUT2D eigenvalue weighted by Crippen LogP contribution is -2.54. The Bertz CT molecular complexity index is 424. The highest BCUT2D eigenvalue weighted by atomic mass is 16.6. The smallest absolute Gasteiger partial charge is 0.302 e. The molecule has 1 spiro atoms. The third-order valence-electron chi connectivity index (χ3n) is 6.79. The van der Waals surface area contributed by atoms with Crippen molar-refractivity contribution >= 4 is 5.97 Å². The van der Waals surface area contributed by atoms with E-state index in [4.69, 9.17) is 9.47 Å². The molecule has 0 aromatic rings. The summed E-state index contributed by atoms with van der Waals surface area (Å²) in [4.78, 5) is 11.1. The van der Waals surface area contributed by atoms with Gasteiger partial charge in [0.05, 0.1) is 18.8 Å². The zero-order chi connectivity index (χ0) is 15.3. The van der Waals surface area contributed by atoms with Crippen molar-refractivity contribution in [2.24, 2.45) is 22.7 Å². The molecule has 3 rings (SSSR count). The van der Waals surface area contributed by atoms with Crippen LogP contribution in [-0.2, 0) is 14.3 Å². The minimum Gasteiger partial charge on any atom is -0.466 e. The van der Waals surface area contributed by atoms with E-state index in [1.165, 1.54) is 39.0 Å². The number of carbonyl (C=O) groups excluding carboxylic acids is 1. The number of fused-ring (bicyclic) bond motifs is 1. The Balaban J connectivity index is 1.81. The van der Waals surface area contributed by atoms with Crippen molar-refractivity contribution in [2.45, 2.75) is 71.8 Å². The van der Waals surface area contributed by atoms with E-state index in [1.807, 2.05) is 0 Å². The van der Waals surface area contributed by atoms with Gasteiger partial charge in [-0.25, -0.2) is 0 Å². The first-order chi connectivity index (χ1) is 9.80. The SMILES string of the molecule is CC(=O)OCC[C@H]1[C@]2(CC[C@H]3C(C)(C)CCC[C@@]31C)CO2. The molecule has 2 saturated carbocycles. The van der Waals surface area contributed by atoms with E-state index in [9.17, 15) is 4.79 Å². The third-order valence-corrected chi connectivity index (χ3v) is 6.79. The second-order valence-corrected chi connectivity index (χ2v) is 8.47. The predicted molar refractivity (Wildman–Crippen MR) is 81.9 cm³/mol. The summed E-state index contributed by atoms with van der Waals surface area (Å²) >= 11 is 0. The van der Waals surface area contributed by atoms with Crippen LogP contribution in [0.2, 0.25) is 0 Å². The molecule has 1 heterocycles. The van der Waals surface area contributed by atoms with Crippen LogP contribution in [-0.4, -0.2) is 24.8 Å². The van der Waals surface area contributed by atoms with Crippen molar-refractivity contribution in [3.05, 3.63) is 0 Å². The molecule has 0 bridgehead atoms. The molecule has 2 aliphatic carbocycles. The molecule has 0 amide bonds. The Morgan fingerprint density at radius 2 is 1.95 bits per heavy atom. The van der Waals surface area contributed by atoms with Crippen molar-refractivity contribution < 1.29 is 14.3 Å². The van der Waals surface area contributed by atoms with Gasteiger partial charge in [0.25, 0.3) is 0 Å². The van der Waals surface area contributed by atoms with Crippen molar-refractivity contribution in [1.82, 2.24) is 0 Å². The second-order valence-electron chi connectivity index (χ2n) is 8.47. The molecule has 21 heavy (non-hydrogen) atoms. The van der Waals surface area contributed by atoms with Gasteiger partial charge < -0.3 is 9.47 Å². The average molecular weight is 294 g/mol. The van der Waals surface area contributed by atoms with Crippen molar-refractivity contribution in [1.29, 1.82) is 0 Å². The van der Waals surface area contributed by atoms with Crippen LogP contribution in [0.3, 0.4) is 0 Å². The van der Waals surface area contributed by atoms with Crippen LogP contribution in [0.25, 0.3) is 0 Å². The first-order valence-corrected chi connectivity index (χ1v) is 8.58. The van der Waals surface area contributed by atoms with E-state index in [0.717, 1.165) is 18.9 Å². The molecule has 0 N–H and O–H groups in total. The van der Waals surface area contributed by atoms with Gasteiger partial charge in [0, 0.05) is 6.92 Å². The van der Waals surface area contributed by atoms with Gasteiger partial charge in [0.1, 0.15) is 0 Å². The van der Waals surface area contributed by atoms with Gasteiger partial charge in [-0.15, -0.1) is 0 Å². The zero-order valence-corrected chi connectivity index (χ0v) is 14.0. The van der Waals surface area contributed by atoms with E-state index in [2.05, 4.69) is 20.8 Å². The quantitative estimate of drug-likeness (QED) is 0.584. The molecule has 3 fully saturated rings. The summed E-state index contributed by atoms with van der Waals surface area (Å²) in [7, 11) is 0. The minimum absolute atomic E-state index is 0.110. The fourth-order valence-corrected chi connectivity index (χ4v) is 5.82. The maximum atomic E-state index is 11.1. The predicted octanol–water partition coefficient (Wildman–Crippen LogP) is 3.95. The summed E-state index contributed by atoms with van der Waals surface area (Å²) in [6.45, 7) is 10.3. The Labute approximate surface area is 128 Å². The molecule has 0 unspecified atom stereocenters. The lowest BCUT2D eigenvalue weighted by atomic mass is 9.46. The Morgan fingerprint density at radius 1 is 1.24 bits per heavy atom. The van der Waals surface area contributed by atoms with Gasteiger partial charge in [0.15, 0.2) is 0 Å². The number of rotatable bonds is 3. The van der Waals surface area contributed by atoms with Crippen LogP contribution in [0.5, 0.6) is 0 Å². The molecule has 0 aromatic carbocycles. The van der Waals surface area contributed by atoms with E-state index < -0.39 is 0 Å². The van der Waals surface area contributed by atoms with E-state index in [0.29, 0.717) is 23.4 Å². The molecule has 0 radical (unpaired) electrons. The second kappa shape index (κ2) is 4.97. The molecular formula is C18H30O3. The van der Waals surface area contributed by atoms with Crippen LogP contribution in [0, 0.1) is 22.7 Å². The lowest BCUT2D eigenvalue weighted by molar-refractivity contribution is -0.145. The van der Waals surface area contributed by atoms with Crippen molar-refractivity contribution in [2.75, 3.05) is 13.2 Å². The largest absolute Gasteiger partial charge is 0.466 e. The van der Waals surface area contributed by atoms with Gasteiger partial charge in [-0.3, -0.25) is 4.79 Å². The fraction of sp³-hybridized carbons (Fsp3) is 0.944. The van der Waals surface area contributed by atoms with Gasteiger partial charge in [0.2, 0.25) is 0 Å². The normalized spacial score (nSPS) is 44.2. The van der Waals surface area contributed by atoms with Crippen LogP contribution in [0.15, 0.2) is 0 Å². The Hall–Kier alpha value is -0.570. The zero-order valence-electron chi connectivity index (χ0n) is 14.0. The summed E-state index contributed by atoms with van der Waals surface area (Å²) in [5.74, 6) is 1.15. The summed E-state index contributed by atoms with van der Waals surface area (Å²) in [5, 5.41) is 0.